The number of aromatic nitrogens is 1. The molecule has 154 valence electrons. The average Bonchev–Trinajstić information content (AvgIpc) is 3.11. The Morgan fingerprint density at radius 1 is 1.16 bits per heavy atom. The van der Waals surface area contributed by atoms with Crippen molar-refractivity contribution in [3.8, 4) is 17.2 Å². The molecule has 2 heterocycles. The van der Waals surface area contributed by atoms with Crippen LogP contribution in [0.4, 0.5) is 16.5 Å². The molecule has 6 nitrogen and oxygen atoms in total. The van der Waals surface area contributed by atoms with Crippen LogP contribution in [0.2, 0.25) is 5.02 Å². The summed E-state index contributed by atoms with van der Waals surface area (Å²) in [6.45, 7) is 2.01. The Morgan fingerprint density at radius 3 is 2.45 bits per heavy atom. The van der Waals surface area contributed by atoms with Gasteiger partial charge in [-0.2, -0.15) is 5.26 Å². The molecule has 31 heavy (non-hydrogen) atoms. The van der Waals surface area contributed by atoms with Gasteiger partial charge in [0.25, 0.3) is 5.91 Å². The second-order valence-corrected chi connectivity index (χ2v) is 8.38. The number of fused-ring (bicyclic) bond motifs is 1. The molecule has 1 amide bonds. The van der Waals surface area contributed by atoms with Gasteiger partial charge in [-0.1, -0.05) is 41.4 Å². The smallest absolute Gasteiger partial charge is 0.256 e. The number of nitriles is 1. The van der Waals surface area contributed by atoms with Crippen molar-refractivity contribution >= 4 is 55.6 Å². The Bertz CT molecular complexity index is 1340. The minimum Gasteiger partial charge on any atom is -0.383 e. The molecular formula is C23H18ClN5OS. The van der Waals surface area contributed by atoms with E-state index in [1.54, 1.807) is 19.2 Å². The Balaban J connectivity index is 2.02. The highest BCUT2D eigenvalue weighted by Gasteiger charge is 2.25. The first-order chi connectivity index (χ1) is 14.9. The van der Waals surface area contributed by atoms with Crippen LogP contribution in [0.25, 0.3) is 21.3 Å². The number of anilines is 3. The lowest BCUT2D eigenvalue weighted by Crippen LogP contribution is -2.18. The Morgan fingerprint density at radius 2 is 1.84 bits per heavy atom. The number of benzene rings is 2. The number of carbonyl (C=O) groups excluding carboxylic acids is 1. The minimum absolute atomic E-state index is 0.0739. The van der Waals surface area contributed by atoms with Gasteiger partial charge < -0.3 is 16.4 Å². The summed E-state index contributed by atoms with van der Waals surface area (Å²) in [6.07, 6.45) is 0. The monoisotopic (exact) mass is 447 g/mol. The zero-order valence-electron chi connectivity index (χ0n) is 16.8. The maximum atomic E-state index is 12.8. The van der Waals surface area contributed by atoms with Crippen molar-refractivity contribution in [3.05, 3.63) is 70.2 Å². The van der Waals surface area contributed by atoms with Gasteiger partial charge in [0, 0.05) is 23.3 Å². The highest BCUT2D eigenvalue weighted by atomic mass is 35.5. The summed E-state index contributed by atoms with van der Waals surface area (Å²) in [4.78, 5) is 17.2. The normalized spacial score (nSPS) is 10.6. The Labute approximate surface area is 188 Å². The predicted molar refractivity (Wildman–Crippen MR) is 127 cm³/mol. The van der Waals surface area contributed by atoms with Gasteiger partial charge in [-0.05, 0) is 36.8 Å². The van der Waals surface area contributed by atoms with Crippen molar-refractivity contribution < 1.29 is 4.79 Å². The van der Waals surface area contributed by atoms with Crippen molar-refractivity contribution in [3.63, 3.8) is 0 Å². The van der Waals surface area contributed by atoms with E-state index in [9.17, 15) is 10.1 Å². The van der Waals surface area contributed by atoms with E-state index in [1.165, 1.54) is 11.3 Å². The lowest BCUT2D eigenvalue weighted by atomic mass is 10.00. The van der Waals surface area contributed by atoms with Crippen LogP contribution in [0, 0.1) is 18.3 Å². The number of hydrogen-bond donors (Lipinski definition) is 3. The molecule has 4 rings (SSSR count). The third-order valence-corrected chi connectivity index (χ3v) is 6.22. The van der Waals surface area contributed by atoms with E-state index in [0.717, 1.165) is 16.8 Å². The summed E-state index contributed by atoms with van der Waals surface area (Å²) in [5.41, 5.74) is 10.6. The van der Waals surface area contributed by atoms with Crippen LogP contribution in [-0.4, -0.2) is 17.9 Å². The molecule has 0 aliphatic carbocycles. The molecule has 0 fully saturated rings. The molecule has 0 saturated carbocycles. The molecule has 8 heteroatoms. The molecule has 4 N–H and O–H groups in total. The topological polar surface area (TPSA) is 104 Å². The highest BCUT2D eigenvalue weighted by Crippen LogP contribution is 2.44. The number of aryl methyl sites for hydroxylation is 1. The lowest BCUT2D eigenvalue weighted by Gasteiger charge is -2.09. The van der Waals surface area contributed by atoms with Gasteiger partial charge in [-0.15, -0.1) is 11.3 Å². The van der Waals surface area contributed by atoms with Gasteiger partial charge >= 0.3 is 0 Å². The highest BCUT2D eigenvalue weighted by molar-refractivity contribution is 7.24. The molecule has 0 atom stereocenters. The van der Waals surface area contributed by atoms with E-state index in [1.807, 2.05) is 43.3 Å². The van der Waals surface area contributed by atoms with Crippen LogP contribution >= 0.6 is 22.9 Å². The third-order valence-electron chi connectivity index (χ3n) is 4.86. The summed E-state index contributed by atoms with van der Waals surface area (Å²) in [7, 11) is 1.56. The van der Waals surface area contributed by atoms with Crippen LogP contribution in [0.3, 0.4) is 0 Å². The summed E-state index contributed by atoms with van der Waals surface area (Å²) < 4.78 is 0.696. The Hall–Kier alpha value is -3.60. The number of halogens is 1. The van der Waals surface area contributed by atoms with Crippen LogP contribution in [0.1, 0.15) is 21.5 Å². The second-order valence-electron chi connectivity index (χ2n) is 6.92. The first kappa shape index (κ1) is 20.7. The largest absolute Gasteiger partial charge is 0.383 e. The van der Waals surface area contributed by atoms with Crippen LogP contribution in [0.5, 0.6) is 0 Å². The van der Waals surface area contributed by atoms with Crippen molar-refractivity contribution in [1.82, 2.24) is 10.3 Å². The zero-order valence-corrected chi connectivity index (χ0v) is 18.4. The van der Waals surface area contributed by atoms with Gasteiger partial charge in [0.15, 0.2) is 0 Å². The molecule has 0 radical (unpaired) electrons. The number of nitrogens with zero attached hydrogens (tertiary/aromatic N) is 2. The second kappa shape index (κ2) is 8.26. The zero-order chi connectivity index (χ0) is 22.1. The fourth-order valence-electron chi connectivity index (χ4n) is 3.31. The number of nitrogen functional groups attached to an aromatic ring is 1. The molecule has 0 bridgehead atoms. The number of amides is 1. The van der Waals surface area contributed by atoms with Crippen LogP contribution in [0.15, 0.2) is 48.5 Å². The van der Waals surface area contributed by atoms with E-state index in [2.05, 4.69) is 21.7 Å². The van der Waals surface area contributed by atoms with Crippen molar-refractivity contribution in [1.29, 1.82) is 5.26 Å². The maximum absolute atomic E-state index is 12.8. The van der Waals surface area contributed by atoms with Crippen LogP contribution < -0.4 is 16.4 Å². The number of carbonyl (C=O) groups is 1. The van der Waals surface area contributed by atoms with Crippen molar-refractivity contribution in [2.45, 2.75) is 6.92 Å². The number of nitrogens with two attached hydrogens (primary N) is 1. The van der Waals surface area contributed by atoms with Gasteiger partial charge in [0.2, 0.25) is 0 Å². The fourth-order valence-corrected chi connectivity index (χ4v) is 4.67. The lowest BCUT2D eigenvalue weighted by molar-refractivity contribution is 0.0965. The molecule has 0 unspecified atom stereocenters. The van der Waals surface area contributed by atoms with E-state index in [4.69, 9.17) is 17.3 Å². The van der Waals surface area contributed by atoms with E-state index < -0.39 is 0 Å². The van der Waals surface area contributed by atoms with Crippen LogP contribution in [-0.2, 0) is 0 Å². The molecule has 0 aliphatic heterocycles. The summed E-state index contributed by atoms with van der Waals surface area (Å²) in [6, 6.07) is 17.2. The minimum atomic E-state index is -0.292. The quantitative estimate of drug-likeness (QED) is 0.384. The molecule has 2 aromatic heterocycles. The summed E-state index contributed by atoms with van der Waals surface area (Å²) >= 11 is 7.41. The summed E-state index contributed by atoms with van der Waals surface area (Å²) in [5, 5.41) is 17.0. The van der Waals surface area contributed by atoms with E-state index >= 15 is 0 Å². The molecule has 0 aliphatic rings. The molecule has 2 aromatic carbocycles. The number of hydrogen-bond acceptors (Lipinski definition) is 6. The SMILES string of the molecule is CNC(=O)c1c(Nc2ccc(C)cc2)sc2c(-c3ccc(Cl)cc3)c(C#N)c(N)nc12. The maximum Gasteiger partial charge on any atom is 0.256 e. The molecular weight excluding hydrogens is 430 g/mol. The third kappa shape index (κ3) is 3.79. The average molecular weight is 448 g/mol. The van der Waals surface area contributed by atoms with E-state index in [0.29, 0.717) is 31.4 Å². The van der Waals surface area contributed by atoms with Gasteiger partial charge in [0.05, 0.1) is 10.2 Å². The van der Waals surface area contributed by atoms with Crippen molar-refractivity contribution in [2.24, 2.45) is 0 Å². The van der Waals surface area contributed by atoms with Gasteiger partial charge in [-0.3, -0.25) is 4.79 Å². The standard InChI is InChI=1S/C23H18ClN5OS/c1-12-3-9-15(10-4-12)28-23-18(22(30)27-2)19-20(31-23)17(16(11-25)21(26)29-19)13-5-7-14(24)8-6-13/h3-10,28H,1-2H3,(H2,26,29)(H,27,30). The first-order valence-electron chi connectivity index (χ1n) is 9.40. The predicted octanol–water partition coefficient (Wildman–Crippen LogP) is 5.48. The van der Waals surface area contributed by atoms with Crippen molar-refractivity contribution in [2.75, 3.05) is 18.1 Å². The number of nitrogens with one attached hydrogen (secondary N) is 2. The first-order valence-corrected chi connectivity index (χ1v) is 10.6. The number of pyridine rings is 1. The van der Waals surface area contributed by atoms with Gasteiger partial charge in [-0.25, -0.2) is 4.98 Å². The van der Waals surface area contributed by atoms with E-state index in [-0.39, 0.29) is 17.3 Å². The number of thiophene rings is 1. The van der Waals surface area contributed by atoms with Gasteiger partial charge in [0.1, 0.15) is 28.0 Å². The molecule has 0 saturated heterocycles. The Kier molecular flexibility index (Phi) is 5.51. The molecule has 0 spiro atoms. The number of rotatable bonds is 4. The summed E-state index contributed by atoms with van der Waals surface area (Å²) in [5.74, 6) is -0.218. The molecule has 4 aromatic rings. The fraction of sp³-hybridized carbons (Fsp3) is 0.0870.